The maximum absolute atomic E-state index is 12.9. The number of nitrogens with zero attached hydrogens (tertiary/aromatic N) is 2. The van der Waals surface area contributed by atoms with E-state index in [-0.39, 0.29) is 23.3 Å². The van der Waals surface area contributed by atoms with Crippen molar-refractivity contribution < 1.29 is 13.2 Å². The zero-order valence-electron chi connectivity index (χ0n) is 15.1. The molecule has 2 aromatic rings. The highest BCUT2D eigenvalue weighted by atomic mass is 32.2. The molecule has 1 unspecified atom stereocenters. The summed E-state index contributed by atoms with van der Waals surface area (Å²) in [5.41, 5.74) is 2.29. The van der Waals surface area contributed by atoms with Crippen molar-refractivity contribution in [2.75, 3.05) is 19.6 Å². The second kappa shape index (κ2) is 7.94. The number of sulfonamides is 1. The zero-order chi connectivity index (χ0) is 19.4. The van der Waals surface area contributed by atoms with Crippen LogP contribution in [0.25, 0.3) is 0 Å². The molecule has 8 heteroatoms. The quantitative estimate of drug-likeness (QED) is 0.764. The fourth-order valence-electron chi connectivity index (χ4n) is 3.25. The summed E-state index contributed by atoms with van der Waals surface area (Å²) in [6.07, 6.45) is 6.96. The first-order chi connectivity index (χ1) is 12.9. The summed E-state index contributed by atoms with van der Waals surface area (Å²) in [4.78, 5) is 14.7. The number of carbonyl (C=O) groups excluding carboxylic acids is 1. The molecule has 2 N–H and O–H groups in total. The predicted molar refractivity (Wildman–Crippen MR) is 102 cm³/mol. The molecule has 1 aromatic carbocycles. The third kappa shape index (κ3) is 4.38. The van der Waals surface area contributed by atoms with Crippen LogP contribution in [0.5, 0.6) is 0 Å². The molecule has 2 heterocycles. The van der Waals surface area contributed by atoms with Crippen LogP contribution in [-0.4, -0.2) is 49.1 Å². The van der Waals surface area contributed by atoms with E-state index in [0.717, 1.165) is 24.2 Å². The topological polar surface area (TPSA) is 95.2 Å². The first-order valence-electron chi connectivity index (χ1n) is 8.75. The van der Waals surface area contributed by atoms with Gasteiger partial charge in [0.2, 0.25) is 10.0 Å². The molecule has 0 spiro atoms. The third-order valence-corrected chi connectivity index (χ3v) is 6.01. The van der Waals surface area contributed by atoms with Gasteiger partial charge in [0.1, 0.15) is 0 Å². The van der Waals surface area contributed by atoms with E-state index in [1.54, 1.807) is 17.0 Å². The van der Waals surface area contributed by atoms with Gasteiger partial charge in [-0.05, 0) is 44.0 Å². The van der Waals surface area contributed by atoms with Crippen LogP contribution in [0, 0.1) is 19.3 Å². The van der Waals surface area contributed by atoms with Crippen LogP contribution in [0.1, 0.15) is 40.5 Å². The van der Waals surface area contributed by atoms with E-state index in [9.17, 15) is 13.2 Å². The Morgan fingerprint density at radius 3 is 2.96 bits per heavy atom. The summed E-state index contributed by atoms with van der Waals surface area (Å²) in [6.45, 7) is 3.06. The molecule has 1 saturated heterocycles. The average Bonchev–Trinajstić information content (AvgIpc) is 3.12. The van der Waals surface area contributed by atoms with E-state index in [1.165, 1.54) is 12.1 Å². The summed E-state index contributed by atoms with van der Waals surface area (Å²) < 4.78 is 26.8. The van der Waals surface area contributed by atoms with Crippen molar-refractivity contribution in [1.82, 2.24) is 19.8 Å². The Morgan fingerprint density at radius 1 is 1.44 bits per heavy atom. The molecule has 1 aromatic heterocycles. The molecule has 1 aliphatic heterocycles. The van der Waals surface area contributed by atoms with Gasteiger partial charge in [0.25, 0.3) is 5.91 Å². The van der Waals surface area contributed by atoms with Crippen LogP contribution < -0.4 is 4.72 Å². The molecular formula is C19H22N4O3S. The number of hydrogen-bond acceptors (Lipinski definition) is 4. The number of aromatic amines is 1. The van der Waals surface area contributed by atoms with E-state index in [1.807, 2.05) is 13.0 Å². The lowest BCUT2D eigenvalue weighted by Crippen LogP contribution is -2.39. The maximum Gasteiger partial charge on any atom is 0.253 e. The van der Waals surface area contributed by atoms with Crippen molar-refractivity contribution in [1.29, 1.82) is 0 Å². The lowest BCUT2D eigenvalue weighted by Gasteiger charge is -2.32. The maximum atomic E-state index is 12.9. The fraction of sp³-hybridized carbons (Fsp3) is 0.368. The molecule has 142 valence electrons. The number of terminal acetylenes is 1. The SMILES string of the molecule is C#CCNS(=O)(=O)c1cccc(C(=O)N2CCCC(c3cc(C)[nH]n3)C2)c1. The predicted octanol–water partition coefficient (Wildman–Crippen LogP) is 1.65. The number of rotatable bonds is 5. The van der Waals surface area contributed by atoms with Gasteiger partial charge in [-0.3, -0.25) is 9.89 Å². The van der Waals surface area contributed by atoms with Crippen LogP contribution in [0.3, 0.4) is 0 Å². The van der Waals surface area contributed by atoms with Gasteiger partial charge < -0.3 is 4.90 Å². The molecule has 1 aliphatic rings. The van der Waals surface area contributed by atoms with Crippen LogP contribution in [0.2, 0.25) is 0 Å². The molecule has 0 bridgehead atoms. The number of nitrogens with one attached hydrogen (secondary N) is 2. The van der Waals surface area contributed by atoms with Crippen molar-refractivity contribution in [3.8, 4) is 12.3 Å². The lowest BCUT2D eigenvalue weighted by atomic mass is 9.94. The van der Waals surface area contributed by atoms with Gasteiger partial charge in [-0.15, -0.1) is 6.42 Å². The molecule has 27 heavy (non-hydrogen) atoms. The number of piperidine rings is 1. The summed E-state index contributed by atoms with van der Waals surface area (Å²) in [7, 11) is -3.74. The molecule has 3 rings (SSSR count). The van der Waals surface area contributed by atoms with Crippen molar-refractivity contribution in [2.24, 2.45) is 0 Å². The summed E-state index contributed by atoms with van der Waals surface area (Å²) >= 11 is 0. The van der Waals surface area contributed by atoms with Gasteiger partial charge >= 0.3 is 0 Å². The van der Waals surface area contributed by atoms with E-state index in [2.05, 4.69) is 20.8 Å². The lowest BCUT2D eigenvalue weighted by molar-refractivity contribution is 0.0705. The summed E-state index contributed by atoms with van der Waals surface area (Å²) in [5.74, 6) is 2.23. The standard InChI is InChI=1S/C19H22N4O3S/c1-3-9-20-27(25,26)17-8-4-6-15(12-17)19(24)23-10-5-7-16(13-23)18-11-14(2)21-22-18/h1,4,6,8,11-12,16,20H,5,7,9-10,13H2,2H3,(H,21,22). The van der Waals surface area contributed by atoms with Crippen LogP contribution in [0.4, 0.5) is 0 Å². The van der Waals surface area contributed by atoms with E-state index in [4.69, 9.17) is 6.42 Å². The minimum Gasteiger partial charge on any atom is -0.338 e. The van der Waals surface area contributed by atoms with Crippen molar-refractivity contribution in [3.63, 3.8) is 0 Å². The summed E-state index contributed by atoms with van der Waals surface area (Å²) in [5, 5.41) is 7.26. The molecular weight excluding hydrogens is 364 g/mol. The van der Waals surface area contributed by atoms with Gasteiger partial charge in [-0.1, -0.05) is 12.0 Å². The van der Waals surface area contributed by atoms with Gasteiger partial charge in [0, 0.05) is 30.3 Å². The number of hydrogen-bond donors (Lipinski definition) is 2. The minimum atomic E-state index is -3.74. The van der Waals surface area contributed by atoms with Crippen LogP contribution in [0.15, 0.2) is 35.2 Å². The highest BCUT2D eigenvalue weighted by Gasteiger charge is 2.27. The van der Waals surface area contributed by atoms with Gasteiger partial charge in [0.05, 0.1) is 17.1 Å². The number of aromatic nitrogens is 2. The number of H-pyrrole nitrogens is 1. The monoisotopic (exact) mass is 386 g/mol. The number of likely N-dealkylation sites (tertiary alicyclic amines) is 1. The van der Waals surface area contributed by atoms with E-state index < -0.39 is 10.0 Å². The van der Waals surface area contributed by atoms with Crippen molar-refractivity contribution in [2.45, 2.75) is 30.6 Å². The Kier molecular flexibility index (Phi) is 5.63. The Bertz CT molecular complexity index is 975. The van der Waals surface area contributed by atoms with Gasteiger partial charge in [0.15, 0.2) is 0 Å². The average molecular weight is 386 g/mol. The second-order valence-corrected chi connectivity index (χ2v) is 8.39. The fourth-order valence-corrected chi connectivity index (χ4v) is 4.23. The Hall–Kier alpha value is -2.63. The smallest absolute Gasteiger partial charge is 0.253 e. The molecule has 7 nitrogen and oxygen atoms in total. The Labute approximate surface area is 159 Å². The molecule has 1 fully saturated rings. The first kappa shape index (κ1) is 19.1. The molecule has 0 aliphatic carbocycles. The van der Waals surface area contributed by atoms with Gasteiger partial charge in [-0.2, -0.15) is 9.82 Å². The normalized spacial score (nSPS) is 17.5. The number of amides is 1. The highest BCUT2D eigenvalue weighted by molar-refractivity contribution is 7.89. The number of carbonyl (C=O) groups is 1. The third-order valence-electron chi connectivity index (χ3n) is 4.61. The minimum absolute atomic E-state index is 0.0279. The molecule has 1 amide bonds. The van der Waals surface area contributed by atoms with Gasteiger partial charge in [-0.25, -0.2) is 8.42 Å². The van der Waals surface area contributed by atoms with Crippen LogP contribution >= 0.6 is 0 Å². The number of aryl methyl sites for hydroxylation is 1. The number of benzene rings is 1. The highest BCUT2D eigenvalue weighted by Crippen LogP contribution is 2.27. The summed E-state index contributed by atoms with van der Waals surface area (Å²) in [6, 6.07) is 8.04. The molecule has 0 radical (unpaired) electrons. The first-order valence-corrected chi connectivity index (χ1v) is 10.2. The molecule has 1 atom stereocenters. The molecule has 0 saturated carbocycles. The van der Waals surface area contributed by atoms with Crippen molar-refractivity contribution in [3.05, 3.63) is 47.3 Å². The van der Waals surface area contributed by atoms with Crippen molar-refractivity contribution >= 4 is 15.9 Å². The van der Waals surface area contributed by atoms with Crippen LogP contribution in [-0.2, 0) is 10.0 Å². The Balaban J connectivity index is 1.77. The Morgan fingerprint density at radius 2 is 2.26 bits per heavy atom. The largest absolute Gasteiger partial charge is 0.338 e. The second-order valence-electron chi connectivity index (χ2n) is 6.62. The zero-order valence-corrected chi connectivity index (χ0v) is 15.9. The van der Waals surface area contributed by atoms with E-state index >= 15 is 0 Å². The van der Waals surface area contributed by atoms with E-state index in [0.29, 0.717) is 18.7 Å².